The number of hydrogen-bond donors (Lipinski definition) is 2. The molecule has 1 aromatic rings. The van der Waals surface area contributed by atoms with Gasteiger partial charge < -0.3 is 15.4 Å². The SMILES string of the molecule is COCCNC(=O)CNCc1nc(C(C)(C)C)cs1. The summed E-state index contributed by atoms with van der Waals surface area (Å²) in [6.45, 7) is 8.43. The summed E-state index contributed by atoms with van der Waals surface area (Å²) in [4.78, 5) is 16.0. The van der Waals surface area contributed by atoms with Crippen LogP contribution in [-0.4, -0.2) is 37.7 Å². The summed E-state index contributed by atoms with van der Waals surface area (Å²) in [5.41, 5.74) is 1.17. The predicted molar refractivity (Wildman–Crippen MR) is 77.4 cm³/mol. The summed E-state index contributed by atoms with van der Waals surface area (Å²) in [6.07, 6.45) is 0. The van der Waals surface area contributed by atoms with Gasteiger partial charge in [0.05, 0.1) is 18.8 Å². The first-order chi connectivity index (χ1) is 8.93. The van der Waals surface area contributed by atoms with E-state index in [0.29, 0.717) is 26.2 Å². The highest BCUT2D eigenvalue weighted by atomic mass is 32.1. The summed E-state index contributed by atoms with van der Waals surface area (Å²) in [6, 6.07) is 0. The van der Waals surface area contributed by atoms with E-state index >= 15 is 0 Å². The first kappa shape index (κ1) is 16.1. The molecule has 1 aromatic heterocycles. The van der Waals surface area contributed by atoms with E-state index < -0.39 is 0 Å². The Morgan fingerprint density at radius 1 is 1.47 bits per heavy atom. The molecule has 1 rings (SSSR count). The third kappa shape index (κ3) is 6.13. The van der Waals surface area contributed by atoms with Crippen molar-refractivity contribution < 1.29 is 9.53 Å². The normalized spacial score (nSPS) is 11.6. The van der Waals surface area contributed by atoms with Crippen molar-refractivity contribution in [3.8, 4) is 0 Å². The molecule has 0 bridgehead atoms. The van der Waals surface area contributed by atoms with E-state index in [0.717, 1.165) is 10.7 Å². The molecule has 1 heterocycles. The maximum Gasteiger partial charge on any atom is 0.234 e. The zero-order chi connectivity index (χ0) is 14.3. The highest BCUT2D eigenvalue weighted by Crippen LogP contribution is 2.23. The van der Waals surface area contributed by atoms with Crippen LogP contribution in [0.25, 0.3) is 0 Å². The summed E-state index contributed by atoms with van der Waals surface area (Å²) >= 11 is 1.62. The number of aromatic nitrogens is 1. The monoisotopic (exact) mass is 285 g/mol. The minimum absolute atomic E-state index is 0.0235. The molecular weight excluding hydrogens is 262 g/mol. The second kappa shape index (κ2) is 7.57. The number of amides is 1. The number of nitrogens with one attached hydrogen (secondary N) is 2. The lowest BCUT2D eigenvalue weighted by Crippen LogP contribution is -2.35. The number of hydrogen-bond acceptors (Lipinski definition) is 5. The smallest absolute Gasteiger partial charge is 0.234 e. The van der Waals surface area contributed by atoms with Crippen molar-refractivity contribution >= 4 is 17.2 Å². The van der Waals surface area contributed by atoms with Gasteiger partial charge in [0.15, 0.2) is 0 Å². The van der Waals surface area contributed by atoms with Crippen LogP contribution in [0, 0.1) is 0 Å². The number of carbonyl (C=O) groups excluding carboxylic acids is 1. The fourth-order valence-corrected chi connectivity index (χ4v) is 2.36. The topological polar surface area (TPSA) is 63.2 Å². The highest BCUT2D eigenvalue weighted by molar-refractivity contribution is 7.09. The summed E-state index contributed by atoms with van der Waals surface area (Å²) in [5, 5.41) is 8.93. The molecule has 0 saturated carbocycles. The second-order valence-corrected chi connectivity index (χ2v) is 6.27. The predicted octanol–water partition coefficient (Wildman–Crippen LogP) is 1.29. The number of carbonyl (C=O) groups is 1. The molecule has 0 saturated heterocycles. The van der Waals surface area contributed by atoms with E-state index in [-0.39, 0.29) is 11.3 Å². The van der Waals surface area contributed by atoms with Crippen LogP contribution < -0.4 is 10.6 Å². The van der Waals surface area contributed by atoms with Crippen molar-refractivity contribution in [1.29, 1.82) is 0 Å². The summed E-state index contributed by atoms with van der Waals surface area (Å²) < 4.78 is 4.86. The Kier molecular flexibility index (Phi) is 6.41. The van der Waals surface area contributed by atoms with Crippen LogP contribution >= 0.6 is 11.3 Å². The van der Waals surface area contributed by atoms with E-state index in [1.54, 1.807) is 18.4 Å². The van der Waals surface area contributed by atoms with E-state index in [1.807, 2.05) is 0 Å². The molecule has 0 aliphatic rings. The van der Waals surface area contributed by atoms with E-state index in [4.69, 9.17) is 4.74 Å². The number of nitrogens with zero attached hydrogens (tertiary/aromatic N) is 1. The van der Waals surface area contributed by atoms with Gasteiger partial charge in [0.25, 0.3) is 0 Å². The third-order valence-corrected chi connectivity index (χ3v) is 3.36. The molecule has 0 unspecified atom stereocenters. The Morgan fingerprint density at radius 3 is 2.79 bits per heavy atom. The molecule has 0 spiro atoms. The van der Waals surface area contributed by atoms with Crippen molar-refractivity contribution in [3.05, 3.63) is 16.1 Å². The van der Waals surface area contributed by atoms with Gasteiger partial charge in [-0.3, -0.25) is 4.79 Å². The first-order valence-corrected chi connectivity index (χ1v) is 7.22. The number of rotatable bonds is 7. The molecule has 2 N–H and O–H groups in total. The lowest BCUT2D eigenvalue weighted by molar-refractivity contribution is -0.120. The van der Waals surface area contributed by atoms with E-state index in [9.17, 15) is 4.79 Å². The fourth-order valence-electron chi connectivity index (χ4n) is 1.37. The number of ether oxygens (including phenoxy) is 1. The quantitative estimate of drug-likeness (QED) is 0.741. The lowest BCUT2D eigenvalue weighted by atomic mass is 9.93. The second-order valence-electron chi connectivity index (χ2n) is 5.32. The number of thiazole rings is 1. The molecule has 0 radical (unpaired) electrons. The van der Waals surface area contributed by atoms with Crippen molar-refractivity contribution in [3.63, 3.8) is 0 Å². The maximum atomic E-state index is 11.4. The maximum absolute atomic E-state index is 11.4. The summed E-state index contributed by atoms with van der Waals surface area (Å²) in [5.74, 6) is -0.0235. The molecule has 0 aromatic carbocycles. The lowest BCUT2D eigenvalue weighted by Gasteiger charge is -2.14. The molecule has 5 nitrogen and oxygen atoms in total. The van der Waals surface area contributed by atoms with Crippen LogP contribution in [0.2, 0.25) is 0 Å². The summed E-state index contributed by atoms with van der Waals surface area (Å²) in [7, 11) is 1.61. The van der Waals surface area contributed by atoms with Crippen LogP contribution in [0.15, 0.2) is 5.38 Å². The Bertz CT molecular complexity index is 399. The largest absolute Gasteiger partial charge is 0.383 e. The van der Waals surface area contributed by atoms with E-state index in [2.05, 4.69) is 41.8 Å². The van der Waals surface area contributed by atoms with Crippen LogP contribution in [-0.2, 0) is 21.5 Å². The van der Waals surface area contributed by atoms with Gasteiger partial charge in [-0.2, -0.15) is 0 Å². The van der Waals surface area contributed by atoms with Crippen LogP contribution in [0.3, 0.4) is 0 Å². The van der Waals surface area contributed by atoms with Crippen LogP contribution in [0.5, 0.6) is 0 Å². The zero-order valence-corrected chi connectivity index (χ0v) is 12.9. The van der Waals surface area contributed by atoms with Crippen LogP contribution in [0.4, 0.5) is 0 Å². The van der Waals surface area contributed by atoms with Crippen molar-refractivity contribution in [2.75, 3.05) is 26.8 Å². The minimum atomic E-state index is -0.0235. The Balaban J connectivity index is 2.26. The average molecular weight is 285 g/mol. The van der Waals surface area contributed by atoms with Gasteiger partial charge in [-0.05, 0) is 0 Å². The molecule has 0 fully saturated rings. The Hall–Kier alpha value is -0.980. The van der Waals surface area contributed by atoms with Gasteiger partial charge in [0, 0.05) is 31.0 Å². The van der Waals surface area contributed by atoms with Crippen molar-refractivity contribution in [2.45, 2.75) is 32.7 Å². The van der Waals surface area contributed by atoms with Gasteiger partial charge in [-0.1, -0.05) is 20.8 Å². The zero-order valence-electron chi connectivity index (χ0n) is 12.1. The highest BCUT2D eigenvalue weighted by Gasteiger charge is 2.17. The third-order valence-electron chi connectivity index (χ3n) is 2.51. The van der Waals surface area contributed by atoms with Gasteiger partial charge in [0.2, 0.25) is 5.91 Å². The Labute approximate surface area is 118 Å². The average Bonchev–Trinajstić information content (AvgIpc) is 2.78. The van der Waals surface area contributed by atoms with Crippen molar-refractivity contribution in [1.82, 2.24) is 15.6 Å². The first-order valence-electron chi connectivity index (χ1n) is 6.34. The standard InChI is InChI=1S/C13H23N3O2S/c1-13(2,3)10-9-19-12(16-10)8-14-7-11(17)15-5-6-18-4/h9,14H,5-8H2,1-4H3,(H,15,17). The molecule has 6 heteroatoms. The van der Waals surface area contributed by atoms with Crippen LogP contribution in [0.1, 0.15) is 31.5 Å². The molecular formula is C13H23N3O2S. The fraction of sp³-hybridized carbons (Fsp3) is 0.692. The van der Waals surface area contributed by atoms with Gasteiger partial charge in [0.1, 0.15) is 5.01 Å². The molecule has 1 amide bonds. The molecule has 0 aliphatic carbocycles. The molecule has 0 aliphatic heterocycles. The van der Waals surface area contributed by atoms with Gasteiger partial charge in [-0.15, -0.1) is 11.3 Å². The van der Waals surface area contributed by atoms with E-state index in [1.165, 1.54) is 0 Å². The van der Waals surface area contributed by atoms with Gasteiger partial charge >= 0.3 is 0 Å². The number of methoxy groups -OCH3 is 1. The Morgan fingerprint density at radius 2 is 2.21 bits per heavy atom. The van der Waals surface area contributed by atoms with Gasteiger partial charge in [-0.25, -0.2) is 4.98 Å². The van der Waals surface area contributed by atoms with Crippen molar-refractivity contribution in [2.24, 2.45) is 0 Å². The molecule has 19 heavy (non-hydrogen) atoms. The molecule has 108 valence electrons. The minimum Gasteiger partial charge on any atom is -0.383 e. The molecule has 0 atom stereocenters.